The molecule has 0 aliphatic carbocycles. The first kappa shape index (κ1) is 12.6. The molecule has 2 rings (SSSR count). The number of aromatic nitrogens is 1. The van der Waals surface area contributed by atoms with Crippen LogP contribution in [0.4, 0.5) is 10.2 Å². The molecular weight excluding hydrogens is 255 g/mol. The summed E-state index contributed by atoms with van der Waals surface area (Å²) in [5, 5.41) is 3.17. The zero-order valence-electron chi connectivity index (χ0n) is 9.78. The molecule has 5 heteroatoms. The molecule has 0 fully saturated rings. The molecule has 3 nitrogen and oxygen atoms in total. The van der Waals surface area contributed by atoms with Crippen LogP contribution < -0.4 is 10.1 Å². The average molecular weight is 267 g/mol. The summed E-state index contributed by atoms with van der Waals surface area (Å²) < 4.78 is 18.8. The van der Waals surface area contributed by atoms with E-state index in [0.29, 0.717) is 5.69 Å². The fourth-order valence-electron chi connectivity index (χ4n) is 1.47. The van der Waals surface area contributed by atoms with Gasteiger partial charge >= 0.3 is 0 Å². The van der Waals surface area contributed by atoms with Gasteiger partial charge in [-0.1, -0.05) is 23.7 Å². The molecule has 0 atom stereocenters. The first-order valence-electron chi connectivity index (χ1n) is 5.41. The summed E-state index contributed by atoms with van der Waals surface area (Å²) in [6.07, 6.45) is 0. The number of nitrogens with zero attached hydrogens (tertiary/aromatic N) is 1. The van der Waals surface area contributed by atoms with Gasteiger partial charge in [-0.15, -0.1) is 0 Å². The number of anilines is 1. The van der Waals surface area contributed by atoms with Gasteiger partial charge in [-0.3, -0.25) is 0 Å². The molecule has 94 valence electrons. The Morgan fingerprint density at radius 1 is 1.28 bits per heavy atom. The first-order valence-corrected chi connectivity index (χ1v) is 5.79. The summed E-state index contributed by atoms with van der Waals surface area (Å²) in [6, 6.07) is 9.90. The number of nitrogens with one attached hydrogen (secondary N) is 1. The summed E-state index contributed by atoms with van der Waals surface area (Å²) in [5.74, 6) is 0.304. The number of pyridine rings is 1. The minimum Gasteiger partial charge on any atom is -0.483 e. The Balaban J connectivity index is 2.11. The van der Waals surface area contributed by atoms with Crippen LogP contribution in [0.25, 0.3) is 0 Å². The standard InChI is InChI=1S/C13H12ClFN2O/c1-16-12-7-2-4-9(17-12)8-18-13-10(14)5-3-6-11(13)15/h2-7H,8H2,1H3,(H,16,17). The van der Waals surface area contributed by atoms with Gasteiger partial charge in [-0.2, -0.15) is 0 Å². The zero-order valence-corrected chi connectivity index (χ0v) is 10.5. The van der Waals surface area contributed by atoms with Gasteiger partial charge in [-0.05, 0) is 24.3 Å². The van der Waals surface area contributed by atoms with Gasteiger partial charge in [0.15, 0.2) is 11.6 Å². The predicted molar refractivity (Wildman–Crippen MR) is 69.5 cm³/mol. The highest BCUT2D eigenvalue weighted by Crippen LogP contribution is 2.27. The van der Waals surface area contributed by atoms with Crippen molar-refractivity contribution >= 4 is 17.4 Å². The number of halogens is 2. The van der Waals surface area contributed by atoms with E-state index in [0.717, 1.165) is 5.82 Å². The fraction of sp³-hybridized carbons (Fsp3) is 0.154. The highest BCUT2D eigenvalue weighted by atomic mass is 35.5. The van der Waals surface area contributed by atoms with Gasteiger partial charge in [0.05, 0.1) is 10.7 Å². The molecule has 2 aromatic rings. The van der Waals surface area contributed by atoms with Crippen molar-refractivity contribution in [3.8, 4) is 5.75 Å². The SMILES string of the molecule is CNc1cccc(COc2c(F)cccc2Cl)n1. The molecule has 0 radical (unpaired) electrons. The lowest BCUT2D eigenvalue weighted by Crippen LogP contribution is -2.02. The van der Waals surface area contributed by atoms with Crippen LogP contribution in [0.3, 0.4) is 0 Å². The van der Waals surface area contributed by atoms with Crippen LogP contribution in [0.5, 0.6) is 5.75 Å². The smallest absolute Gasteiger partial charge is 0.174 e. The summed E-state index contributed by atoms with van der Waals surface area (Å²) in [7, 11) is 1.78. The zero-order chi connectivity index (χ0) is 13.0. The van der Waals surface area contributed by atoms with Crippen molar-refractivity contribution in [1.29, 1.82) is 0 Å². The monoisotopic (exact) mass is 266 g/mol. The number of benzene rings is 1. The molecule has 1 N–H and O–H groups in total. The maximum Gasteiger partial charge on any atom is 0.174 e. The van der Waals surface area contributed by atoms with Crippen molar-refractivity contribution in [2.45, 2.75) is 6.61 Å². The Hall–Kier alpha value is -1.81. The van der Waals surface area contributed by atoms with Gasteiger partial charge in [0.25, 0.3) is 0 Å². The molecule has 0 unspecified atom stereocenters. The maximum atomic E-state index is 13.5. The molecule has 0 saturated heterocycles. The molecule has 0 bridgehead atoms. The van der Waals surface area contributed by atoms with E-state index >= 15 is 0 Å². The predicted octanol–water partition coefficient (Wildman–Crippen LogP) is 3.49. The van der Waals surface area contributed by atoms with E-state index in [4.69, 9.17) is 16.3 Å². The summed E-state index contributed by atoms with van der Waals surface area (Å²) >= 11 is 5.86. The molecule has 18 heavy (non-hydrogen) atoms. The number of hydrogen-bond donors (Lipinski definition) is 1. The Labute approximate surface area is 110 Å². The Kier molecular flexibility index (Phi) is 3.99. The topological polar surface area (TPSA) is 34.1 Å². The molecule has 1 aromatic heterocycles. The van der Waals surface area contributed by atoms with Gasteiger partial charge in [0.2, 0.25) is 0 Å². The second-order valence-electron chi connectivity index (χ2n) is 3.60. The third-order valence-electron chi connectivity index (χ3n) is 2.35. The fourth-order valence-corrected chi connectivity index (χ4v) is 1.68. The minimum atomic E-state index is -0.479. The number of hydrogen-bond acceptors (Lipinski definition) is 3. The summed E-state index contributed by atoms with van der Waals surface area (Å²) in [5.41, 5.74) is 0.696. The molecule has 1 heterocycles. The first-order chi connectivity index (χ1) is 8.70. The molecule has 0 saturated carbocycles. The van der Waals surface area contributed by atoms with E-state index in [1.165, 1.54) is 12.1 Å². The van der Waals surface area contributed by atoms with Crippen molar-refractivity contribution in [1.82, 2.24) is 4.98 Å². The van der Waals surface area contributed by atoms with E-state index < -0.39 is 5.82 Å². The van der Waals surface area contributed by atoms with E-state index in [9.17, 15) is 4.39 Å². The third kappa shape index (κ3) is 2.90. The normalized spacial score (nSPS) is 10.2. The number of rotatable bonds is 4. The molecular formula is C13H12ClFN2O. The van der Waals surface area contributed by atoms with Gasteiger partial charge in [0, 0.05) is 7.05 Å². The molecule has 1 aromatic carbocycles. The van der Waals surface area contributed by atoms with Crippen LogP contribution in [-0.2, 0) is 6.61 Å². The van der Waals surface area contributed by atoms with Crippen LogP contribution in [0.15, 0.2) is 36.4 Å². The van der Waals surface area contributed by atoms with Crippen molar-refractivity contribution in [3.05, 3.63) is 52.9 Å². The average Bonchev–Trinajstić information content (AvgIpc) is 2.38. The van der Waals surface area contributed by atoms with Crippen LogP contribution in [0.1, 0.15) is 5.69 Å². The summed E-state index contributed by atoms with van der Waals surface area (Å²) in [4.78, 5) is 4.26. The second kappa shape index (κ2) is 5.69. The Morgan fingerprint density at radius 2 is 2.06 bits per heavy atom. The number of ether oxygens (including phenoxy) is 1. The van der Waals surface area contributed by atoms with Crippen LogP contribution >= 0.6 is 11.6 Å². The highest BCUT2D eigenvalue weighted by Gasteiger charge is 2.08. The van der Waals surface area contributed by atoms with Gasteiger partial charge in [0.1, 0.15) is 12.4 Å². The van der Waals surface area contributed by atoms with E-state index in [-0.39, 0.29) is 17.4 Å². The quantitative estimate of drug-likeness (QED) is 0.920. The van der Waals surface area contributed by atoms with E-state index in [1.807, 2.05) is 12.1 Å². The molecule has 0 amide bonds. The maximum absolute atomic E-state index is 13.5. The van der Waals surface area contributed by atoms with Crippen molar-refractivity contribution in [2.24, 2.45) is 0 Å². The van der Waals surface area contributed by atoms with E-state index in [2.05, 4.69) is 10.3 Å². The summed E-state index contributed by atoms with van der Waals surface area (Å²) in [6.45, 7) is 0.163. The largest absolute Gasteiger partial charge is 0.483 e. The van der Waals surface area contributed by atoms with Crippen molar-refractivity contribution < 1.29 is 9.13 Å². The second-order valence-corrected chi connectivity index (χ2v) is 4.01. The van der Waals surface area contributed by atoms with Crippen LogP contribution in [0, 0.1) is 5.82 Å². The molecule has 0 spiro atoms. The molecule has 0 aliphatic heterocycles. The Morgan fingerprint density at radius 3 is 2.78 bits per heavy atom. The lowest BCUT2D eigenvalue weighted by atomic mass is 10.3. The number of para-hydroxylation sites is 1. The highest BCUT2D eigenvalue weighted by molar-refractivity contribution is 6.32. The van der Waals surface area contributed by atoms with Crippen LogP contribution in [0.2, 0.25) is 5.02 Å². The van der Waals surface area contributed by atoms with Crippen molar-refractivity contribution in [3.63, 3.8) is 0 Å². The third-order valence-corrected chi connectivity index (χ3v) is 2.64. The lowest BCUT2D eigenvalue weighted by Gasteiger charge is -2.09. The van der Waals surface area contributed by atoms with Gasteiger partial charge in [-0.25, -0.2) is 9.37 Å². The Bertz CT molecular complexity index is 528. The van der Waals surface area contributed by atoms with Gasteiger partial charge < -0.3 is 10.1 Å². The molecule has 0 aliphatic rings. The minimum absolute atomic E-state index is 0.0517. The van der Waals surface area contributed by atoms with Crippen LogP contribution in [-0.4, -0.2) is 12.0 Å². The lowest BCUT2D eigenvalue weighted by molar-refractivity contribution is 0.286. The van der Waals surface area contributed by atoms with Crippen molar-refractivity contribution in [2.75, 3.05) is 12.4 Å². The van der Waals surface area contributed by atoms with E-state index in [1.54, 1.807) is 19.2 Å².